The normalized spacial score (nSPS) is 13.9. The van der Waals surface area contributed by atoms with Crippen molar-refractivity contribution < 1.29 is 4.39 Å². The van der Waals surface area contributed by atoms with Crippen molar-refractivity contribution in [2.75, 3.05) is 0 Å². The fraction of sp³-hybridized carbons (Fsp3) is 0.348. The van der Waals surface area contributed by atoms with Crippen molar-refractivity contribution in [3.63, 3.8) is 0 Å². The van der Waals surface area contributed by atoms with Gasteiger partial charge in [0.1, 0.15) is 11.6 Å². The minimum Gasteiger partial charge on any atom is -0.332 e. The van der Waals surface area contributed by atoms with Crippen molar-refractivity contribution in [2.24, 2.45) is 0 Å². The molecule has 1 fully saturated rings. The van der Waals surface area contributed by atoms with Gasteiger partial charge >= 0.3 is 0 Å². The van der Waals surface area contributed by atoms with Crippen molar-refractivity contribution in [1.29, 1.82) is 0 Å². The number of halogens is 1. The Bertz CT molecular complexity index is 832. The first-order chi connectivity index (χ1) is 12.8. The molecule has 3 heteroatoms. The third kappa shape index (κ3) is 4.21. The maximum atomic E-state index is 13.1. The SMILES string of the molecule is Fc1ccc(CCc2ncc(C3CC3)n2CCCc2ccccc2)cc1. The number of nitrogens with zero attached hydrogens (tertiary/aromatic N) is 2. The maximum Gasteiger partial charge on any atom is 0.123 e. The quantitative estimate of drug-likeness (QED) is 0.539. The predicted octanol–water partition coefficient (Wildman–Crippen LogP) is 5.32. The summed E-state index contributed by atoms with van der Waals surface area (Å²) in [6, 6.07) is 17.5. The molecule has 3 aromatic rings. The largest absolute Gasteiger partial charge is 0.332 e. The monoisotopic (exact) mass is 348 g/mol. The Morgan fingerprint density at radius 2 is 1.62 bits per heavy atom. The van der Waals surface area contributed by atoms with Gasteiger partial charge < -0.3 is 4.57 Å². The van der Waals surface area contributed by atoms with Crippen LogP contribution in [0, 0.1) is 5.82 Å². The Morgan fingerprint density at radius 3 is 2.35 bits per heavy atom. The highest BCUT2D eigenvalue weighted by Crippen LogP contribution is 2.40. The Kier molecular flexibility index (Phi) is 5.14. The Labute approximate surface area is 154 Å². The van der Waals surface area contributed by atoms with Crippen LogP contribution in [-0.4, -0.2) is 9.55 Å². The summed E-state index contributed by atoms with van der Waals surface area (Å²) in [5.41, 5.74) is 3.97. The molecule has 0 aliphatic heterocycles. The van der Waals surface area contributed by atoms with Gasteiger partial charge in [-0.3, -0.25) is 0 Å². The van der Waals surface area contributed by atoms with Gasteiger partial charge in [-0.1, -0.05) is 42.5 Å². The average Bonchev–Trinajstić information content (AvgIpc) is 3.44. The zero-order valence-electron chi connectivity index (χ0n) is 15.1. The van der Waals surface area contributed by atoms with Crippen molar-refractivity contribution >= 4 is 0 Å². The second-order valence-electron chi connectivity index (χ2n) is 7.24. The molecule has 0 unspecified atom stereocenters. The van der Waals surface area contributed by atoms with Crippen LogP contribution in [0.5, 0.6) is 0 Å². The summed E-state index contributed by atoms with van der Waals surface area (Å²) < 4.78 is 15.5. The molecule has 2 aromatic carbocycles. The van der Waals surface area contributed by atoms with Crippen LogP contribution in [0.2, 0.25) is 0 Å². The highest BCUT2D eigenvalue weighted by molar-refractivity contribution is 5.20. The fourth-order valence-corrected chi connectivity index (χ4v) is 3.58. The standard InChI is InChI=1S/C23H25FN2/c24-21-13-8-19(9-14-21)10-15-23-25-17-22(20-11-12-20)26(23)16-4-7-18-5-2-1-3-6-18/h1-3,5-6,8-9,13-14,17,20H,4,7,10-12,15-16H2. The summed E-state index contributed by atoms with van der Waals surface area (Å²) in [6.07, 6.45) is 8.71. The number of rotatable bonds is 8. The molecular weight excluding hydrogens is 323 g/mol. The minimum atomic E-state index is -0.174. The van der Waals surface area contributed by atoms with E-state index >= 15 is 0 Å². The van der Waals surface area contributed by atoms with Gasteiger partial charge in [-0.15, -0.1) is 0 Å². The van der Waals surface area contributed by atoms with Crippen LogP contribution in [0.4, 0.5) is 4.39 Å². The highest BCUT2D eigenvalue weighted by Gasteiger charge is 2.28. The molecule has 0 saturated heterocycles. The van der Waals surface area contributed by atoms with E-state index < -0.39 is 0 Å². The summed E-state index contributed by atoms with van der Waals surface area (Å²) in [4.78, 5) is 4.72. The maximum absolute atomic E-state index is 13.1. The van der Waals surface area contributed by atoms with Crippen molar-refractivity contribution in [3.8, 4) is 0 Å². The molecule has 1 aromatic heterocycles. The van der Waals surface area contributed by atoms with E-state index in [1.165, 1.54) is 47.6 Å². The van der Waals surface area contributed by atoms with Crippen molar-refractivity contribution in [3.05, 3.63) is 89.3 Å². The van der Waals surface area contributed by atoms with Crippen LogP contribution < -0.4 is 0 Å². The zero-order chi connectivity index (χ0) is 17.8. The smallest absolute Gasteiger partial charge is 0.123 e. The second kappa shape index (κ2) is 7.86. The van der Waals surface area contributed by atoms with Crippen LogP contribution >= 0.6 is 0 Å². The molecule has 134 valence electrons. The molecule has 0 amide bonds. The fourth-order valence-electron chi connectivity index (χ4n) is 3.58. The zero-order valence-corrected chi connectivity index (χ0v) is 15.1. The van der Waals surface area contributed by atoms with Gasteiger partial charge in [-0.2, -0.15) is 0 Å². The van der Waals surface area contributed by atoms with Crippen molar-refractivity contribution in [1.82, 2.24) is 9.55 Å². The number of hydrogen-bond donors (Lipinski definition) is 0. The number of imidazole rings is 1. The van der Waals surface area contributed by atoms with Crippen molar-refractivity contribution in [2.45, 2.75) is 51.0 Å². The summed E-state index contributed by atoms with van der Waals surface area (Å²) in [7, 11) is 0. The topological polar surface area (TPSA) is 17.8 Å². The Hall–Kier alpha value is -2.42. The number of aryl methyl sites for hydroxylation is 3. The van der Waals surface area contributed by atoms with Gasteiger partial charge in [0.2, 0.25) is 0 Å². The van der Waals surface area contributed by atoms with E-state index in [2.05, 4.69) is 41.1 Å². The molecule has 2 nitrogen and oxygen atoms in total. The lowest BCUT2D eigenvalue weighted by atomic mass is 10.1. The summed E-state index contributed by atoms with van der Waals surface area (Å²) >= 11 is 0. The van der Waals surface area contributed by atoms with E-state index in [-0.39, 0.29) is 5.82 Å². The van der Waals surface area contributed by atoms with Gasteiger partial charge in [0.15, 0.2) is 0 Å². The molecule has 0 spiro atoms. The van der Waals surface area contributed by atoms with E-state index in [1.54, 1.807) is 0 Å². The summed E-state index contributed by atoms with van der Waals surface area (Å²) in [6.45, 7) is 1.03. The third-order valence-corrected chi connectivity index (χ3v) is 5.21. The van der Waals surface area contributed by atoms with Gasteiger partial charge in [0.25, 0.3) is 0 Å². The van der Waals surface area contributed by atoms with Gasteiger partial charge in [-0.25, -0.2) is 9.37 Å². The third-order valence-electron chi connectivity index (χ3n) is 5.21. The van der Waals surface area contributed by atoms with Gasteiger partial charge in [-0.05, 0) is 55.4 Å². The second-order valence-corrected chi connectivity index (χ2v) is 7.24. The average molecular weight is 348 g/mol. The lowest BCUT2D eigenvalue weighted by molar-refractivity contribution is 0.586. The Balaban J connectivity index is 1.42. The van der Waals surface area contributed by atoms with Crippen LogP contribution in [0.15, 0.2) is 60.8 Å². The molecular formula is C23H25FN2. The molecule has 1 saturated carbocycles. The molecule has 1 aliphatic carbocycles. The van der Waals surface area contributed by atoms with Crippen LogP contribution in [0.1, 0.15) is 47.8 Å². The molecule has 1 aliphatic rings. The van der Waals surface area contributed by atoms with Gasteiger partial charge in [0.05, 0.1) is 0 Å². The molecule has 0 N–H and O–H groups in total. The van der Waals surface area contributed by atoms with E-state index in [0.717, 1.165) is 32.2 Å². The predicted molar refractivity (Wildman–Crippen MR) is 103 cm³/mol. The molecule has 26 heavy (non-hydrogen) atoms. The van der Waals surface area contributed by atoms with Crippen LogP contribution in [0.3, 0.4) is 0 Å². The highest BCUT2D eigenvalue weighted by atomic mass is 19.1. The lowest BCUT2D eigenvalue weighted by Gasteiger charge is -2.12. The van der Waals surface area contributed by atoms with E-state index in [4.69, 9.17) is 4.98 Å². The Morgan fingerprint density at radius 1 is 0.885 bits per heavy atom. The first-order valence-corrected chi connectivity index (χ1v) is 9.62. The van der Waals surface area contributed by atoms with Gasteiger partial charge in [0, 0.05) is 30.8 Å². The lowest BCUT2D eigenvalue weighted by Crippen LogP contribution is -2.09. The number of hydrogen-bond acceptors (Lipinski definition) is 1. The first-order valence-electron chi connectivity index (χ1n) is 9.62. The number of aromatic nitrogens is 2. The molecule has 0 atom stereocenters. The molecule has 4 rings (SSSR count). The molecule has 0 radical (unpaired) electrons. The summed E-state index contributed by atoms with van der Waals surface area (Å²) in [5.74, 6) is 1.70. The molecule has 0 bridgehead atoms. The van der Waals surface area contributed by atoms with E-state index in [9.17, 15) is 4.39 Å². The van der Waals surface area contributed by atoms with E-state index in [1.807, 2.05) is 12.1 Å². The minimum absolute atomic E-state index is 0.174. The first kappa shape index (κ1) is 17.0. The van der Waals surface area contributed by atoms with E-state index in [0.29, 0.717) is 5.92 Å². The van der Waals surface area contributed by atoms with Crippen LogP contribution in [-0.2, 0) is 25.8 Å². The number of benzene rings is 2. The molecule has 1 heterocycles. The summed E-state index contributed by atoms with van der Waals surface area (Å²) in [5, 5.41) is 0. The van der Waals surface area contributed by atoms with Crippen LogP contribution in [0.25, 0.3) is 0 Å².